The second-order valence-electron chi connectivity index (χ2n) is 10.1. The van der Waals surface area contributed by atoms with Crippen LogP contribution in [0.2, 0.25) is 0 Å². The highest BCUT2D eigenvalue weighted by molar-refractivity contribution is 5.77. The summed E-state index contributed by atoms with van der Waals surface area (Å²) in [5.41, 5.74) is 9.57. The molecule has 35 heavy (non-hydrogen) atoms. The Hall–Kier alpha value is -2.84. The van der Waals surface area contributed by atoms with Gasteiger partial charge in [0.05, 0.1) is 5.76 Å². The van der Waals surface area contributed by atoms with Gasteiger partial charge in [-0.3, -0.25) is 0 Å². The van der Waals surface area contributed by atoms with Gasteiger partial charge in [0.1, 0.15) is 0 Å². The molecule has 1 unspecified atom stereocenters. The highest BCUT2D eigenvalue weighted by Gasteiger charge is 2.25. The normalized spacial score (nSPS) is 21.7. The van der Waals surface area contributed by atoms with Gasteiger partial charge in [0.25, 0.3) is 0 Å². The van der Waals surface area contributed by atoms with E-state index >= 15 is 0 Å². The monoisotopic (exact) mass is 469 g/mol. The largest absolute Gasteiger partial charge is 0.512 e. The van der Waals surface area contributed by atoms with E-state index in [0.717, 1.165) is 25.1 Å². The number of nitrogens with zero attached hydrogens (tertiary/aromatic N) is 1. The molecule has 2 aliphatic carbocycles. The van der Waals surface area contributed by atoms with Crippen molar-refractivity contribution in [1.29, 1.82) is 0 Å². The van der Waals surface area contributed by atoms with E-state index in [1.54, 1.807) is 6.08 Å². The summed E-state index contributed by atoms with van der Waals surface area (Å²) in [7, 11) is 0. The maximum absolute atomic E-state index is 10.4. The summed E-state index contributed by atoms with van der Waals surface area (Å²) in [5, 5.41) is 20.1. The van der Waals surface area contributed by atoms with E-state index in [1.807, 2.05) is 24.3 Å². The molecule has 3 aliphatic rings. The summed E-state index contributed by atoms with van der Waals surface area (Å²) in [6.45, 7) is 7.02. The Bertz CT molecular complexity index is 1100. The molecule has 1 heterocycles. The van der Waals surface area contributed by atoms with Crippen LogP contribution in [0.15, 0.2) is 95.5 Å². The molecule has 1 saturated heterocycles. The first kappa shape index (κ1) is 25.3. The van der Waals surface area contributed by atoms with Gasteiger partial charge in [-0.2, -0.15) is 0 Å². The maximum atomic E-state index is 10.4. The summed E-state index contributed by atoms with van der Waals surface area (Å²) >= 11 is 0. The third-order valence-electron chi connectivity index (χ3n) is 7.42. The number of benzene rings is 1. The van der Waals surface area contributed by atoms with Crippen molar-refractivity contribution in [1.82, 2.24) is 4.90 Å². The highest BCUT2D eigenvalue weighted by atomic mass is 16.3. The van der Waals surface area contributed by atoms with Crippen LogP contribution in [0.1, 0.15) is 63.0 Å². The SMILES string of the molecule is CC(C)N1CCC(c2cccc(/C(=C(/CCCO)C3=C=CC=CC=C3)C3C=CC=C(O)C3)c2)CC1. The van der Waals surface area contributed by atoms with Gasteiger partial charge >= 0.3 is 0 Å². The van der Waals surface area contributed by atoms with Crippen LogP contribution in [-0.2, 0) is 0 Å². The van der Waals surface area contributed by atoms with Gasteiger partial charge in [-0.25, -0.2) is 0 Å². The average Bonchev–Trinajstić information content (AvgIpc) is 3.16. The second kappa shape index (κ2) is 12.2. The van der Waals surface area contributed by atoms with E-state index in [1.165, 1.54) is 35.1 Å². The van der Waals surface area contributed by atoms with Crippen molar-refractivity contribution in [2.45, 2.75) is 57.9 Å². The van der Waals surface area contributed by atoms with Crippen molar-refractivity contribution in [3.8, 4) is 0 Å². The quantitative estimate of drug-likeness (QED) is 0.402. The van der Waals surface area contributed by atoms with E-state index in [2.05, 4.69) is 67.0 Å². The Labute approximate surface area is 210 Å². The number of aliphatic hydroxyl groups excluding tert-OH is 2. The molecular weight excluding hydrogens is 430 g/mol. The van der Waals surface area contributed by atoms with E-state index in [9.17, 15) is 10.2 Å². The molecule has 0 aromatic heterocycles. The molecule has 0 bridgehead atoms. The van der Waals surface area contributed by atoms with Gasteiger partial charge in [0, 0.05) is 30.6 Å². The fourth-order valence-electron chi connectivity index (χ4n) is 5.50. The molecule has 3 heteroatoms. The Kier molecular flexibility index (Phi) is 8.82. The Morgan fingerprint density at radius 2 is 1.94 bits per heavy atom. The molecule has 184 valence electrons. The van der Waals surface area contributed by atoms with Crippen LogP contribution >= 0.6 is 0 Å². The van der Waals surface area contributed by atoms with Crippen molar-refractivity contribution in [2.24, 2.45) is 5.92 Å². The van der Waals surface area contributed by atoms with Crippen LogP contribution < -0.4 is 0 Å². The Morgan fingerprint density at radius 3 is 2.69 bits per heavy atom. The van der Waals surface area contributed by atoms with Crippen LogP contribution in [-0.4, -0.2) is 40.9 Å². The average molecular weight is 470 g/mol. The lowest BCUT2D eigenvalue weighted by Gasteiger charge is -2.35. The van der Waals surface area contributed by atoms with Gasteiger partial charge in [-0.05, 0) is 99.0 Å². The van der Waals surface area contributed by atoms with Crippen LogP contribution in [0.4, 0.5) is 0 Å². The summed E-state index contributed by atoms with van der Waals surface area (Å²) < 4.78 is 0. The Balaban J connectivity index is 1.77. The summed E-state index contributed by atoms with van der Waals surface area (Å²) in [6.07, 6.45) is 20.5. The molecule has 2 N–H and O–H groups in total. The van der Waals surface area contributed by atoms with Crippen molar-refractivity contribution < 1.29 is 10.2 Å². The second-order valence-corrected chi connectivity index (χ2v) is 10.1. The lowest BCUT2D eigenvalue weighted by molar-refractivity contribution is 0.172. The molecule has 1 aliphatic heterocycles. The third-order valence-corrected chi connectivity index (χ3v) is 7.42. The van der Waals surface area contributed by atoms with E-state index in [0.29, 0.717) is 30.6 Å². The fourth-order valence-corrected chi connectivity index (χ4v) is 5.50. The standard InChI is InChI=1S/C32H39NO2/c1-24(2)33-19-17-25(18-20-33)27-12-7-13-28(22-27)32(29-14-8-15-30(35)23-29)31(16-9-21-34)26-10-5-3-4-6-11-26/h3-8,10,12-15,22,24-25,29,34-35H,9,16-21,23H2,1-2H3/b32-31+. The topological polar surface area (TPSA) is 43.7 Å². The minimum Gasteiger partial charge on any atom is -0.512 e. The molecule has 1 fully saturated rings. The predicted molar refractivity (Wildman–Crippen MR) is 146 cm³/mol. The molecule has 1 atom stereocenters. The molecule has 0 radical (unpaired) electrons. The molecular formula is C32H39NO2. The molecule has 0 spiro atoms. The lowest BCUT2D eigenvalue weighted by atomic mass is 9.79. The van der Waals surface area contributed by atoms with E-state index in [4.69, 9.17) is 0 Å². The van der Waals surface area contributed by atoms with Gasteiger partial charge in [-0.15, -0.1) is 5.73 Å². The number of allylic oxidation sites excluding steroid dienone is 11. The lowest BCUT2D eigenvalue weighted by Crippen LogP contribution is -2.37. The zero-order valence-corrected chi connectivity index (χ0v) is 21.2. The van der Waals surface area contributed by atoms with Gasteiger partial charge < -0.3 is 15.1 Å². The molecule has 0 saturated carbocycles. The smallest absolute Gasteiger partial charge is 0.0931 e. The highest BCUT2D eigenvalue weighted by Crippen LogP contribution is 2.40. The predicted octanol–water partition coefficient (Wildman–Crippen LogP) is 7.03. The zero-order chi connectivity index (χ0) is 24.6. The molecule has 1 aromatic carbocycles. The van der Waals surface area contributed by atoms with Gasteiger partial charge in [0.15, 0.2) is 0 Å². The van der Waals surface area contributed by atoms with Crippen molar-refractivity contribution in [2.75, 3.05) is 19.7 Å². The fraction of sp³-hybridized carbons (Fsp3) is 0.406. The number of hydrogen-bond acceptors (Lipinski definition) is 3. The van der Waals surface area contributed by atoms with Crippen LogP contribution in [0.5, 0.6) is 0 Å². The Morgan fingerprint density at radius 1 is 1.11 bits per heavy atom. The molecule has 1 aromatic rings. The minimum atomic E-state index is 0.0747. The van der Waals surface area contributed by atoms with Crippen molar-refractivity contribution in [3.05, 3.63) is 107 Å². The number of rotatable bonds is 8. The molecule has 3 nitrogen and oxygen atoms in total. The van der Waals surface area contributed by atoms with Gasteiger partial charge in [-0.1, -0.05) is 54.6 Å². The minimum absolute atomic E-state index is 0.0747. The summed E-state index contributed by atoms with van der Waals surface area (Å²) in [6, 6.07) is 9.68. The zero-order valence-electron chi connectivity index (χ0n) is 21.2. The third kappa shape index (κ3) is 6.44. The first-order chi connectivity index (χ1) is 17.1. The summed E-state index contributed by atoms with van der Waals surface area (Å²) in [4.78, 5) is 2.58. The number of aliphatic hydroxyl groups is 2. The van der Waals surface area contributed by atoms with Crippen LogP contribution in [0, 0.1) is 5.92 Å². The number of piperidine rings is 1. The van der Waals surface area contributed by atoms with Crippen LogP contribution in [0.25, 0.3) is 5.57 Å². The van der Waals surface area contributed by atoms with Crippen LogP contribution in [0.3, 0.4) is 0 Å². The maximum Gasteiger partial charge on any atom is 0.0931 e. The number of hydrogen-bond donors (Lipinski definition) is 2. The first-order valence-electron chi connectivity index (χ1n) is 13.1. The molecule has 4 rings (SSSR count). The van der Waals surface area contributed by atoms with Crippen molar-refractivity contribution >= 4 is 5.57 Å². The van der Waals surface area contributed by atoms with E-state index < -0.39 is 0 Å². The van der Waals surface area contributed by atoms with E-state index in [-0.39, 0.29) is 12.5 Å². The number of likely N-dealkylation sites (tertiary alicyclic amines) is 1. The summed E-state index contributed by atoms with van der Waals surface area (Å²) in [5.74, 6) is 1.06. The molecule has 0 amide bonds. The first-order valence-corrected chi connectivity index (χ1v) is 13.1. The van der Waals surface area contributed by atoms with Gasteiger partial charge in [0.2, 0.25) is 0 Å². The van der Waals surface area contributed by atoms with Crippen molar-refractivity contribution in [3.63, 3.8) is 0 Å².